The molecule has 68 heavy (non-hydrogen) atoms. The molecule has 8 rings (SSSR count). The number of nitrogens with one attached hydrogen (secondary N) is 2. The summed E-state index contributed by atoms with van der Waals surface area (Å²) in [6.45, 7) is 20.8. The lowest BCUT2D eigenvalue weighted by atomic mass is 10.1. The first-order valence-electron chi connectivity index (χ1n) is 22.8. The van der Waals surface area contributed by atoms with Gasteiger partial charge in [0.05, 0.1) is 45.7 Å². The van der Waals surface area contributed by atoms with Crippen LogP contribution in [0.25, 0.3) is 22.1 Å². The Labute approximate surface area is 394 Å². The maximum atomic E-state index is 13.9. The molecule has 21 heteroatoms. The van der Waals surface area contributed by atoms with Gasteiger partial charge in [0.25, 0.3) is 11.8 Å². The number of carbonyl (C=O) groups is 4. The lowest BCUT2D eigenvalue weighted by Gasteiger charge is -2.38. The van der Waals surface area contributed by atoms with E-state index in [1.165, 1.54) is 24.3 Å². The van der Waals surface area contributed by atoms with Crippen molar-refractivity contribution in [3.8, 4) is 11.5 Å². The molecule has 1 saturated heterocycles. The van der Waals surface area contributed by atoms with Gasteiger partial charge in [0.2, 0.25) is 11.9 Å². The standard InChI is InChI=1S/C47H59N11O9Si/c1-10-57-35(18-27(3)52-57)41(59)50-45-48-33-20-29(43(61)62)22-37-39(33)55(45)15-12-13-16-56-40-34(49-46(56)51-42(60)36-19-28(4)53-58(36)11-2)21-30(44(63)64)23-38(40)66-26-31(25-65-37)54-17-14-32(24-54)67-68(8,9)47(5,6)7/h12-13,18-23,31-32H,10-11,14-17,24-26H2,1-9H3,(H,61,62)(H,63,64)(H,48,50,59)(H,49,51,60)/b13-12+/t32-/m0/s1. The molecule has 2 aliphatic rings. The maximum absolute atomic E-state index is 13.9. The first-order valence-corrected chi connectivity index (χ1v) is 25.7. The number of nitrogens with zero attached hydrogens (tertiary/aromatic N) is 9. The van der Waals surface area contributed by atoms with Gasteiger partial charge < -0.3 is 33.2 Å². The molecule has 0 radical (unpaired) electrons. The number of allylic oxidation sites excluding steroid dienone is 2. The molecule has 2 aromatic carbocycles. The summed E-state index contributed by atoms with van der Waals surface area (Å²) in [5, 5.41) is 35.4. The van der Waals surface area contributed by atoms with Gasteiger partial charge in [-0.3, -0.25) is 34.5 Å². The monoisotopic (exact) mass is 949 g/mol. The molecule has 6 heterocycles. The molecule has 4 aromatic heterocycles. The molecule has 4 N–H and O–H groups in total. The third kappa shape index (κ3) is 9.50. The number of likely N-dealkylation sites (tertiary alicyclic amines) is 1. The fraction of sp³-hybridized carbons (Fsp3) is 0.447. The van der Waals surface area contributed by atoms with E-state index < -0.39 is 38.1 Å². The minimum absolute atomic E-state index is 0.00944. The molecule has 20 nitrogen and oxygen atoms in total. The van der Waals surface area contributed by atoms with Crippen molar-refractivity contribution in [3.63, 3.8) is 0 Å². The van der Waals surface area contributed by atoms with E-state index in [1.807, 2.05) is 26.0 Å². The van der Waals surface area contributed by atoms with E-state index >= 15 is 0 Å². The van der Waals surface area contributed by atoms with Crippen LogP contribution in [0.4, 0.5) is 11.9 Å². The Hall–Kier alpha value is -6.84. The summed E-state index contributed by atoms with van der Waals surface area (Å²) in [5.41, 5.74) is 3.30. The number of hydrogen-bond acceptors (Lipinski definition) is 12. The molecular formula is C47H59N11O9Si. The van der Waals surface area contributed by atoms with Crippen LogP contribution in [0.2, 0.25) is 18.1 Å². The van der Waals surface area contributed by atoms with Crippen LogP contribution in [0.1, 0.15) is 94.1 Å². The smallest absolute Gasteiger partial charge is 0.335 e. The van der Waals surface area contributed by atoms with E-state index in [-0.39, 0.29) is 83.0 Å². The zero-order valence-corrected chi connectivity index (χ0v) is 40.9. The van der Waals surface area contributed by atoms with Gasteiger partial charge in [0, 0.05) is 39.3 Å². The van der Waals surface area contributed by atoms with Gasteiger partial charge in [-0.25, -0.2) is 19.6 Å². The number of imidazole rings is 2. The number of benzene rings is 2. The highest BCUT2D eigenvalue weighted by Crippen LogP contribution is 2.39. The predicted molar refractivity (Wildman–Crippen MR) is 257 cm³/mol. The highest BCUT2D eigenvalue weighted by atomic mass is 28.4. The SMILES string of the molecule is CCn1nc(C)cc1C(=O)Nc1nc2cc(C(=O)O)cc3c2n1C/C=C/Cn1c(NC(=O)c2cc(C)nn2CC)nc2cc(C(=O)O)cc(c21)OCC(N1CC[C@H](O[Si](C)(C)C(C)(C)C)C1)CO3. The van der Waals surface area contributed by atoms with Crippen molar-refractivity contribution in [1.82, 2.24) is 43.6 Å². The van der Waals surface area contributed by atoms with Crippen molar-refractivity contribution in [2.75, 3.05) is 36.9 Å². The number of aryl methyl sites for hydroxylation is 4. The fourth-order valence-corrected chi connectivity index (χ4v) is 9.89. The highest BCUT2D eigenvalue weighted by Gasteiger charge is 2.41. The van der Waals surface area contributed by atoms with E-state index in [1.54, 1.807) is 44.5 Å². The number of aromatic nitrogens is 8. The minimum atomic E-state index is -2.15. The second kappa shape index (κ2) is 18.7. The Morgan fingerprint density at radius 3 is 1.62 bits per heavy atom. The molecule has 0 aliphatic carbocycles. The summed E-state index contributed by atoms with van der Waals surface area (Å²) >= 11 is 0. The number of amides is 2. The normalized spacial score (nSPS) is 16.8. The fourth-order valence-electron chi connectivity index (χ4n) is 8.51. The zero-order valence-electron chi connectivity index (χ0n) is 39.9. The van der Waals surface area contributed by atoms with Gasteiger partial charge in [0.15, 0.2) is 8.32 Å². The van der Waals surface area contributed by atoms with Crippen LogP contribution < -0.4 is 20.1 Å². The summed E-state index contributed by atoms with van der Waals surface area (Å²) in [6, 6.07) is 8.69. The zero-order chi connectivity index (χ0) is 48.8. The average Bonchev–Trinajstić information content (AvgIpc) is 4.11. The molecule has 0 bridgehead atoms. The second-order valence-corrected chi connectivity index (χ2v) is 23.6. The van der Waals surface area contributed by atoms with E-state index in [2.05, 4.69) is 59.6 Å². The van der Waals surface area contributed by atoms with Crippen LogP contribution in [0.15, 0.2) is 48.6 Å². The van der Waals surface area contributed by atoms with Crippen molar-refractivity contribution in [2.24, 2.45) is 0 Å². The lowest BCUT2D eigenvalue weighted by Crippen LogP contribution is -2.46. The van der Waals surface area contributed by atoms with Gasteiger partial charge in [-0.15, -0.1) is 0 Å². The van der Waals surface area contributed by atoms with Gasteiger partial charge >= 0.3 is 11.9 Å². The van der Waals surface area contributed by atoms with Crippen LogP contribution in [0.3, 0.4) is 0 Å². The summed E-state index contributed by atoms with van der Waals surface area (Å²) in [4.78, 5) is 64.9. The van der Waals surface area contributed by atoms with Gasteiger partial charge in [-0.1, -0.05) is 32.9 Å². The molecule has 1 fully saturated rings. The minimum Gasteiger partial charge on any atom is -0.490 e. The topological polar surface area (TPSA) is 235 Å². The number of rotatable bonds is 11. The van der Waals surface area contributed by atoms with Crippen molar-refractivity contribution in [3.05, 3.63) is 82.5 Å². The van der Waals surface area contributed by atoms with Crippen LogP contribution >= 0.6 is 0 Å². The lowest BCUT2D eigenvalue weighted by molar-refractivity contribution is 0.0686. The second-order valence-electron chi connectivity index (χ2n) is 18.8. The summed E-state index contributed by atoms with van der Waals surface area (Å²) in [5.74, 6) is -2.56. The Morgan fingerprint density at radius 2 is 1.21 bits per heavy atom. The number of ether oxygens (including phenoxy) is 2. The molecule has 1 atom stereocenters. The molecule has 2 aliphatic heterocycles. The quantitative estimate of drug-likeness (QED) is 0.0770. The number of hydrogen-bond donors (Lipinski definition) is 4. The summed E-state index contributed by atoms with van der Waals surface area (Å²) in [7, 11) is -2.15. The third-order valence-electron chi connectivity index (χ3n) is 13.0. The maximum Gasteiger partial charge on any atom is 0.335 e. The Bertz CT molecular complexity index is 2800. The molecule has 6 aromatic rings. The van der Waals surface area contributed by atoms with Crippen molar-refractivity contribution in [2.45, 2.75) is 111 Å². The Morgan fingerprint density at radius 1 is 0.750 bits per heavy atom. The highest BCUT2D eigenvalue weighted by molar-refractivity contribution is 6.74. The van der Waals surface area contributed by atoms with Crippen LogP contribution in [0.5, 0.6) is 11.5 Å². The van der Waals surface area contributed by atoms with Gasteiger partial charge in [-0.05, 0) is 88.6 Å². The third-order valence-corrected chi connectivity index (χ3v) is 17.5. The average molecular weight is 950 g/mol. The van der Waals surface area contributed by atoms with Gasteiger partial charge in [-0.2, -0.15) is 10.2 Å². The summed E-state index contributed by atoms with van der Waals surface area (Å²) < 4.78 is 27.0. The molecule has 0 saturated carbocycles. The Balaban J connectivity index is 1.26. The molecule has 0 spiro atoms. The van der Waals surface area contributed by atoms with E-state index in [4.69, 9.17) is 23.9 Å². The molecule has 2 amide bonds. The number of aromatic carboxylic acids is 2. The van der Waals surface area contributed by atoms with Gasteiger partial charge in [0.1, 0.15) is 47.1 Å². The largest absolute Gasteiger partial charge is 0.490 e. The molecule has 0 unspecified atom stereocenters. The predicted octanol–water partition coefficient (Wildman–Crippen LogP) is 6.83. The van der Waals surface area contributed by atoms with Crippen molar-refractivity contribution < 1.29 is 43.3 Å². The van der Waals surface area contributed by atoms with E-state index in [0.29, 0.717) is 60.0 Å². The molecule has 360 valence electrons. The van der Waals surface area contributed by atoms with Crippen molar-refractivity contribution >= 4 is 66.0 Å². The number of carbonyl (C=O) groups excluding carboxylic acids is 2. The number of anilines is 2. The van der Waals surface area contributed by atoms with Crippen molar-refractivity contribution in [1.29, 1.82) is 0 Å². The number of carboxylic acid groups (broad SMARTS) is 2. The Kier molecular flexibility index (Phi) is 13.1. The van der Waals surface area contributed by atoms with E-state index in [0.717, 1.165) is 6.42 Å². The van der Waals surface area contributed by atoms with Crippen LogP contribution in [0, 0.1) is 13.8 Å². The van der Waals surface area contributed by atoms with E-state index in [9.17, 15) is 29.4 Å². The number of carboxylic acids is 2. The van der Waals surface area contributed by atoms with Crippen LogP contribution in [-0.4, -0.2) is 124 Å². The molecular weight excluding hydrogens is 891 g/mol. The summed E-state index contributed by atoms with van der Waals surface area (Å²) in [6.07, 6.45) is 4.36. The van der Waals surface area contributed by atoms with Crippen LogP contribution in [-0.2, 0) is 30.6 Å². The first kappa shape index (κ1) is 47.6. The first-order chi connectivity index (χ1) is 32.2.